The summed E-state index contributed by atoms with van der Waals surface area (Å²) in [5, 5.41) is 0. The average molecular weight is 158 g/mol. The van der Waals surface area contributed by atoms with Gasteiger partial charge in [-0.1, -0.05) is 25.0 Å². The van der Waals surface area contributed by atoms with Gasteiger partial charge >= 0.3 is 0 Å². The zero-order valence-electron chi connectivity index (χ0n) is 7.41. The van der Waals surface area contributed by atoms with Gasteiger partial charge in [-0.05, 0) is 32.6 Å². The molecule has 0 radical (unpaired) electrons. The molecule has 0 nitrogen and oxygen atoms in total. The number of hydrogen-bond acceptors (Lipinski definition) is 0. The summed E-state index contributed by atoms with van der Waals surface area (Å²) in [6.07, 6.45) is 7.84. The minimum absolute atomic E-state index is 1.16. The van der Waals surface area contributed by atoms with Crippen molar-refractivity contribution in [3.8, 4) is 0 Å². The standard InChI is InChI=1S/C9H19P/c1-4-5-7-10-8-6-9(2)3/h6,10H,4-5,7-8H2,1-3H3. The second kappa shape index (κ2) is 7.28. The molecule has 0 saturated heterocycles. The van der Waals surface area contributed by atoms with Crippen LogP contribution in [0.15, 0.2) is 11.6 Å². The first-order valence-corrected chi connectivity index (χ1v) is 5.53. The summed E-state index contributed by atoms with van der Waals surface area (Å²) in [7, 11) is 1.16. The van der Waals surface area contributed by atoms with E-state index in [2.05, 4.69) is 26.8 Å². The third-order valence-electron chi connectivity index (χ3n) is 1.36. The first-order valence-electron chi connectivity index (χ1n) is 4.11. The van der Waals surface area contributed by atoms with E-state index in [-0.39, 0.29) is 0 Å². The maximum Gasteiger partial charge on any atom is -0.0170 e. The Morgan fingerprint density at radius 3 is 2.60 bits per heavy atom. The predicted molar refractivity (Wildman–Crippen MR) is 52.4 cm³/mol. The van der Waals surface area contributed by atoms with E-state index in [1.165, 1.54) is 30.7 Å². The molecule has 1 atom stereocenters. The molecule has 0 rings (SSSR count). The lowest BCUT2D eigenvalue weighted by Crippen LogP contribution is -1.76. The minimum Gasteiger partial charge on any atom is -0.118 e. The van der Waals surface area contributed by atoms with Gasteiger partial charge in [0.25, 0.3) is 0 Å². The molecular formula is C9H19P. The summed E-state index contributed by atoms with van der Waals surface area (Å²) in [5.41, 5.74) is 1.46. The zero-order valence-corrected chi connectivity index (χ0v) is 8.41. The van der Waals surface area contributed by atoms with E-state index in [1.54, 1.807) is 0 Å². The van der Waals surface area contributed by atoms with Crippen molar-refractivity contribution in [1.29, 1.82) is 0 Å². The van der Waals surface area contributed by atoms with Crippen LogP contribution < -0.4 is 0 Å². The van der Waals surface area contributed by atoms with E-state index in [0.717, 1.165) is 8.58 Å². The van der Waals surface area contributed by atoms with Crippen molar-refractivity contribution < 1.29 is 0 Å². The van der Waals surface area contributed by atoms with Gasteiger partial charge in [-0.2, -0.15) is 0 Å². The summed E-state index contributed by atoms with van der Waals surface area (Å²) >= 11 is 0. The van der Waals surface area contributed by atoms with Gasteiger partial charge < -0.3 is 0 Å². The molecule has 0 aliphatic heterocycles. The van der Waals surface area contributed by atoms with Gasteiger partial charge in [0.15, 0.2) is 0 Å². The fourth-order valence-electron chi connectivity index (χ4n) is 0.680. The highest BCUT2D eigenvalue weighted by Crippen LogP contribution is 2.12. The van der Waals surface area contributed by atoms with E-state index in [1.807, 2.05) is 0 Å². The van der Waals surface area contributed by atoms with Crippen LogP contribution in [-0.2, 0) is 0 Å². The van der Waals surface area contributed by atoms with Crippen molar-refractivity contribution in [1.82, 2.24) is 0 Å². The molecule has 0 spiro atoms. The lowest BCUT2D eigenvalue weighted by molar-refractivity contribution is 0.894. The molecule has 0 amide bonds. The van der Waals surface area contributed by atoms with Crippen LogP contribution in [0.1, 0.15) is 33.6 Å². The van der Waals surface area contributed by atoms with Gasteiger partial charge in [-0.3, -0.25) is 0 Å². The number of rotatable bonds is 5. The zero-order chi connectivity index (χ0) is 7.82. The second-order valence-electron chi connectivity index (χ2n) is 2.84. The quantitative estimate of drug-likeness (QED) is 0.326. The smallest absolute Gasteiger partial charge is 0.0170 e. The minimum atomic E-state index is 1.16. The van der Waals surface area contributed by atoms with E-state index >= 15 is 0 Å². The van der Waals surface area contributed by atoms with Crippen molar-refractivity contribution in [2.45, 2.75) is 33.6 Å². The van der Waals surface area contributed by atoms with Gasteiger partial charge in [0, 0.05) is 0 Å². The Hall–Kier alpha value is 0.170. The molecule has 0 aromatic heterocycles. The van der Waals surface area contributed by atoms with E-state index < -0.39 is 0 Å². The third kappa shape index (κ3) is 8.17. The maximum absolute atomic E-state index is 2.34. The molecule has 1 unspecified atom stereocenters. The topological polar surface area (TPSA) is 0 Å². The monoisotopic (exact) mass is 158 g/mol. The average Bonchev–Trinajstić information content (AvgIpc) is 1.87. The molecule has 0 aromatic carbocycles. The summed E-state index contributed by atoms with van der Waals surface area (Å²) in [6.45, 7) is 6.60. The van der Waals surface area contributed by atoms with Crippen molar-refractivity contribution in [2.24, 2.45) is 0 Å². The van der Waals surface area contributed by atoms with Crippen LogP contribution in [0.4, 0.5) is 0 Å². The Balaban J connectivity index is 2.98. The first-order chi connectivity index (χ1) is 4.77. The number of unbranched alkanes of at least 4 members (excludes halogenated alkanes) is 1. The van der Waals surface area contributed by atoms with E-state index in [4.69, 9.17) is 0 Å². The van der Waals surface area contributed by atoms with E-state index in [0.29, 0.717) is 0 Å². The van der Waals surface area contributed by atoms with E-state index in [9.17, 15) is 0 Å². The van der Waals surface area contributed by atoms with Gasteiger partial charge in [0.2, 0.25) is 0 Å². The molecule has 0 N–H and O–H groups in total. The highest BCUT2D eigenvalue weighted by Gasteiger charge is 1.83. The molecule has 0 heterocycles. The molecule has 0 aliphatic rings. The second-order valence-corrected chi connectivity index (χ2v) is 4.25. The summed E-state index contributed by atoms with van der Waals surface area (Å²) in [4.78, 5) is 0. The fraction of sp³-hybridized carbons (Fsp3) is 0.778. The molecule has 0 aliphatic carbocycles. The SMILES string of the molecule is CCCCPCC=C(C)C. The largest absolute Gasteiger partial charge is 0.118 e. The van der Waals surface area contributed by atoms with Crippen molar-refractivity contribution in [2.75, 3.05) is 12.3 Å². The third-order valence-corrected chi connectivity index (χ3v) is 2.56. The molecular weight excluding hydrogens is 139 g/mol. The lowest BCUT2D eigenvalue weighted by atomic mass is 10.3. The van der Waals surface area contributed by atoms with Crippen LogP contribution in [-0.4, -0.2) is 12.3 Å². The number of hydrogen-bond donors (Lipinski definition) is 0. The molecule has 0 bridgehead atoms. The van der Waals surface area contributed by atoms with Gasteiger partial charge in [-0.15, -0.1) is 8.58 Å². The Labute approximate surface area is 66.9 Å². The lowest BCUT2D eigenvalue weighted by Gasteiger charge is -1.95. The van der Waals surface area contributed by atoms with Gasteiger partial charge in [-0.25, -0.2) is 0 Å². The maximum atomic E-state index is 2.34. The Morgan fingerprint density at radius 2 is 2.10 bits per heavy atom. The highest BCUT2D eigenvalue weighted by molar-refractivity contribution is 7.38. The molecule has 0 saturated carbocycles. The van der Waals surface area contributed by atoms with Crippen LogP contribution in [0.3, 0.4) is 0 Å². The molecule has 60 valence electrons. The number of allylic oxidation sites excluding steroid dienone is 2. The molecule has 0 aromatic rings. The summed E-state index contributed by atoms with van der Waals surface area (Å²) < 4.78 is 0. The van der Waals surface area contributed by atoms with Gasteiger partial charge in [0.1, 0.15) is 0 Å². The van der Waals surface area contributed by atoms with Crippen LogP contribution in [0.2, 0.25) is 0 Å². The fourth-order valence-corrected chi connectivity index (χ4v) is 2.04. The normalized spacial score (nSPS) is 10.7. The van der Waals surface area contributed by atoms with Crippen molar-refractivity contribution >= 4 is 8.58 Å². The van der Waals surface area contributed by atoms with Gasteiger partial charge in [0.05, 0.1) is 0 Å². The highest BCUT2D eigenvalue weighted by atomic mass is 31.1. The van der Waals surface area contributed by atoms with Crippen molar-refractivity contribution in [3.63, 3.8) is 0 Å². The predicted octanol–water partition coefficient (Wildman–Crippen LogP) is 3.43. The Bertz CT molecular complexity index is 90.9. The summed E-state index contributed by atoms with van der Waals surface area (Å²) in [6, 6.07) is 0. The summed E-state index contributed by atoms with van der Waals surface area (Å²) in [5.74, 6) is 0. The van der Waals surface area contributed by atoms with Crippen LogP contribution in [0.5, 0.6) is 0 Å². The Morgan fingerprint density at radius 1 is 1.40 bits per heavy atom. The first kappa shape index (κ1) is 10.2. The van der Waals surface area contributed by atoms with Crippen molar-refractivity contribution in [3.05, 3.63) is 11.6 Å². The molecule has 10 heavy (non-hydrogen) atoms. The Kier molecular flexibility index (Phi) is 7.40. The van der Waals surface area contributed by atoms with Crippen LogP contribution in [0.25, 0.3) is 0 Å². The van der Waals surface area contributed by atoms with Crippen LogP contribution >= 0.6 is 8.58 Å². The molecule has 1 heteroatoms. The molecule has 0 fully saturated rings. The van der Waals surface area contributed by atoms with Crippen LogP contribution in [0, 0.1) is 0 Å².